The lowest BCUT2D eigenvalue weighted by molar-refractivity contribution is 0.0455. The zero-order valence-corrected chi connectivity index (χ0v) is 19.1. The van der Waals surface area contributed by atoms with Crippen LogP contribution in [0.2, 0.25) is 0 Å². The van der Waals surface area contributed by atoms with E-state index in [0.29, 0.717) is 12.1 Å². The van der Waals surface area contributed by atoms with Crippen LogP contribution in [0.25, 0.3) is 27.7 Å². The van der Waals surface area contributed by atoms with Gasteiger partial charge in [0.1, 0.15) is 5.75 Å². The first-order chi connectivity index (χ1) is 16.2. The molecule has 2 aromatic carbocycles. The first-order valence-corrected chi connectivity index (χ1v) is 11.8. The van der Waals surface area contributed by atoms with Crippen LogP contribution in [-0.2, 0) is 0 Å². The smallest absolute Gasteiger partial charge is 0.222 e. The van der Waals surface area contributed by atoms with E-state index in [2.05, 4.69) is 74.3 Å². The van der Waals surface area contributed by atoms with Gasteiger partial charge in [0, 0.05) is 47.3 Å². The fraction of sp³-hybridized carbons (Fsp3) is 0.333. The number of rotatable bonds is 5. The van der Waals surface area contributed by atoms with E-state index >= 15 is 0 Å². The van der Waals surface area contributed by atoms with Crippen molar-refractivity contribution in [3.05, 3.63) is 67.1 Å². The van der Waals surface area contributed by atoms with E-state index in [4.69, 9.17) is 4.74 Å². The van der Waals surface area contributed by atoms with Crippen molar-refractivity contribution in [1.82, 2.24) is 19.4 Å². The van der Waals surface area contributed by atoms with E-state index in [1.165, 1.54) is 36.8 Å². The molecule has 3 saturated heterocycles. The Labute approximate surface area is 194 Å². The van der Waals surface area contributed by atoms with Gasteiger partial charge >= 0.3 is 0 Å². The van der Waals surface area contributed by atoms with Crippen molar-refractivity contribution in [1.29, 1.82) is 0 Å². The molecule has 168 valence electrons. The third kappa shape index (κ3) is 3.64. The van der Waals surface area contributed by atoms with Crippen LogP contribution in [0.3, 0.4) is 0 Å². The predicted octanol–water partition coefficient (Wildman–Crippen LogP) is 4.99. The summed E-state index contributed by atoms with van der Waals surface area (Å²) < 4.78 is 7.47. The highest BCUT2D eigenvalue weighted by Gasteiger charge is 2.39. The molecule has 33 heavy (non-hydrogen) atoms. The molecule has 4 aromatic rings. The number of ether oxygens (including phenoxy) is 1. The van der Waals surface area contributed by atoms with Gasteiger partial charge in [-0.3, -0.25) is 4.90 Å². The largest absolute Gasteiger partial charge is 0.497 e. The number of aromatic nitrogens is 3. The minimum atomic E-state index is 0.437. The zero-order chi connectivity index (χ0) is 22.4. The summed E-state index contributed by atoms with van der Waals surface area (Å²) in [6.45, 7) is 4.78. The molecule has 6 heteroatoms. The molecule has 0 radical (unpaired) electrons. The lowest BCUT2D eigenvalue weighted by atomic mass is 9.79. The first-order valence-electron chi connectivity index (χ1n) is 11.8. The van der Waals surface area contributed by atoms with E-state index in [0.717, 1.165) is 34.4 Å². The molecule has 2 aromatic heterocycles. The Bertz CT molecular complexity index is 1250. The maximum absolute atomic E-state index is 5.28. The Kier molecular flexibility index (Phi) is 5.03. The van der Waals surface area contributed by atoms with Crippen LogP contribution in [0.5, 0.6) is 5.75 Å². The number of fused-ring (bicyclic) bond motifs is 4. The quantitative estimate of drug-likeness (QED) is 0.475. The van der Waals surface area contributed by atoms with Crippen molar-refractivity contribution in [2.45, 2.75) is 31.8 Å². The molecule has 3 aliphatic heterocycles. The normalized spacial score (nSPS) is 24.2. The third-order valence-electron chi connectivity index (χ3n) is 7.50. The van der Waals surface area contributed by atoms with Gasteiger partial charge in [0.2, 0.25) is 5.95 Å². The highest BCUT2D eigenvalue weighted by atomic mass is 16.5. The van der Waals surface area contributed by atoms with Gasteiger partial charge in [0.15, 0.2) is 0 Å². The van der Waals surface area contributed by atoms with Crippen LogP contribution >= 0.6 is 0 Å². The molecule has 5 heterocycles. The van der Waals surface area contributed by atoms with Crippen molar-refractivity contribution >= 4 is 16.9 Å². The summed E-state index contributed by atoms with van der Waals surface area (Å²) in [5.74, 6) is 2.32. The summed E-state index contributed by atoms with van der Waals surface area (Å²) in [6, 6.07) is 17.7. The fourth-order valence-corrected chi connectivity index (χ4v) is 5.54. The van der Waals surface area contributed by atoms with E-state index in [9.17, 15) is 0 Å². The molecule has 3 fully saturated rings. The SMILES string of the molecule is COc1ccc(-n2ccc3cc(-c4cnc(NC5C6CCN(CC6)C5C)nc4)ccc32)cc1. The second kappa shape index (κ2) is 8.19. The topological polar surface area (TPSA) is 55.2 Å². The number of piperidine rings is 3. The fourth-order valence-electron chi connectivity index (χ4n) is 5.54. The summed E-state index contributed by atoms with van der Waals surface area (Å²) >= 11 is 0. The first kappa shape index (κ1) is 20.2. The van der Waals surface area contributed by atoms with Crippen LogP contribution in [0.15, 0.2) is 67.1 Å². The molecular formula is C27H29N5O. The molecular weight excluding hydrogens is 410 g/mol. The van der Waals surface area contributed by atoms with Gasteiger partial charge in [-0.1, -0.05) is 6.07 Å². The number of methoxy groups -OCH3 is 1. The maximum Gasteiger partial charge on any atom is 0.222 e. The molecule has 0 aliphatic carbocycles. The second-order valence-corrected chi connectivity index (χ2v) is 9.24. The van der Waals surface area contributed by atoms with E-state index in [1.807, 2.05) is 24.5 Å². The van der Waals surface area contributed by atoms with Crippen LogP contribution < -0.4 is 10.1 Å². The summed E-state index contributed by atoms with van der Waals surface area (Å²) in [6.07, 6.45) is 8.52. The van der Waals surface area contributed by atoms with Crippen molar-refractivity contribution in [2.75, 3.05) is 25.5 Å². The summed E-state index contributed by atoms with van der Waals surface area (Å²) in [7, 11) is 1.69. The van der Waals surface area contributed by atoms with Crippen molar-refractivity contribution in [2.24, 2.45) is 5.92 Å². The minimum absolute atomic E-state index is 0.437. The molecule has 1 N–H and O–H groups in total. The lowest BCUT2D eigenvalue weighted by Crippen LogP contribution is -2.59. The number of nitrogens with zero attached hydrogens (tertiary/aromatic N) is 4. The Morgan fingerprint density at radius 1 is 0.939 bits per heavy atom. The van der Waals surface area contributed by atoms with Gasteiger partial charge in [-0.15, -0.1) is 0 Å². The number of hydrogen-bond donors (Lipinski definition) is 1. The Morgan fingerprint density at radius 2 is 1.70 bits per heavy atom. The van der Waals surface area contributed by atoms with Crippen LogP contribution in [0.1, 0.15) is 19.8 Å². The van der Waals surface area contributed by atoms with Gasteiger partial charge in [0.05, 0.1) is 12.6 Å². The predicted molar refractivity (Wildman–Crippen MR) is 132 cm³/mol. The number of nitrogens with one attached hydrogen (secondary N) is 1. The number of hydrogen-bond acceptors (Lipinski definition) is 5. The maximum atomic E-state index is 5.28. The summed E-state index contributed by atoms with van der Waals surface area (Å²) in [5.41, 5.74) is 4.43. The molecule has 0 amide bonds. The highest BCUT2D eigenvalue weighted by Crippen LogP contribution is 2.34. The van der Waals surface area contributed by atoms with Crippen LogP contribution in [0, 0.1) is 5.92 Å². The average molecular weight is 440 g/mol. The molecule has 2 bridgehead atoms. The van der Waals surface area contributed by atoms with Gasteiger partial charge in [0.25, 0.3) is 0 Å². The van der Waals surface area contributed by atoms with E-state index in [1.54, 1.807) is 7.11 Å². The van der Waals surface area contributed by atoms with Gasteiger partial charge < -0.3 is 14.6 Å². The standard InChI is InChI=1S/C27H29N5O/c1-18-26(19-9-12-31(18)13-10-19)30-27-28-16-22(17-29-27)20-3-8-25-21(15-20)11-14-32(25)23-4-6-24(33-2)7-5-23/h3-8,11,14-19,26H,9-10,12-13H2,1-2H3,(H,28,29,30). The van der Waals surface area contributed by atoms with Crippen LogP contribution in [0.4, 0.5) is 5.95 Å². The molecule has 2 atom stereocenters. The number of anilines is 1. The van der Waals surface area contributed by atoms with Gasteiger partial charge in [-0.2, -0.15) is 0 Å². The highest BCUT2D eigenvalue weighted by molar-refractivity contribution is 5.86. The molecule has 3 aliphatic rings. The Balaban J connectivity index is 1.22. The molecule has 6 nitrogen and oxygen atoms in total. The molecule has 0 spiro atoms. The van der Waals surface area contributed by atoms with Gasteiger partial charge in [-0.05, 0) is 86.8 Å². The van der Waals surface area contributed by atoms with E-state index in [-0.39, 0.29) is 0 Å². The number of benzene rings is 2. The third-order valence-corrected chi connectivity index (χ3v) is 7.50. The monoisotopic (exact) mass is 439 g/mol. The average Bonchev–Trinajstić information content (AvgIpc) is 3.30. The van der Waals surface area contributed by atoms with E-state index < -0.39 is 0 Å². The minimum Gasteiger partial charge on any atom is -0.497 e. The second-order valence-electron chi connectivity index (χ2n) is 9.24. The molecule has 2 unspecified atom stereocenters. The summed E-state index contributed by atoms with van der Waals surface area (Å²) in [5, 5.41) is 4.81. The Hall–Kier alpha value is -3.38. The molecule has 0 saturated carbocycles. The van der Waals surface area contributed by atoms with Crippen LogP contribution in [-0.4, -0.2) is 51.7 Å². The van der Waals surface area contributed by atoms with Gasteiger partial charge in [-0.25, -0.2) is 9.97 Å². The lowest BCUT2D eigenvalue weighted by Gasteiger charge is -2.49. The van der Waals surface area contributed by atoms with Crippen molar-refractivity contribution in [3.63, 3.8) is 0 Å². The summed E-state index contributed by atoms with van der Waals surface area (Å²) in [4.78, 5) is 11.9. The molecule has 7 rings (SSSR count). The Morgan fingerprint density at radius 3 is 2.39 bits per heavy atom. The van der Waals surface area contributed by atoms with Crippen molar-refractivity contribution in [3.8, 4) is 22.6 Å². The van der Waals surface area contributed by atoms with Crippen molar-refractivity contribution < 1.29 is 4.74 Å². The zero-order valence-electron chi connectivity index (χ0n) is 19.1.